The Kier molecular flexibility index (Phi) is 11.1. The Hall–Kier alpha value is -7.43. The molecular weight excluding hydrogens is 922 g/mol. The summed E-state index contributed by atoms with van der Waals surface area (Å²) < 4.78 is 0. The predicted octanol–water partition coefficient (Wildman–Crippen LogP) is 12.8. The zero-order valence-electron chi connectivity index (χ0n) is 46.0. The van der Waals surface area contributed by atoms with Gasteiger partial charge in [-0.15, -0.1) is 0 Å². The highest BCUT2D eigenvalue weighted by Crippen LogP contribution is 2.52. The van der Waals surface area contributed by atoms with E-state index in [1.807, 2.05) is 0 Å². The lowest BCUT2D eigenvalue weighted by atomic mass is 9.33. The second-order valence-electron chi connectivity index (χ2n) is 23.7. The molecule has 2 amide bonds. The lowest BCUT2D eigenvalue weighted by molar-refractivity contribution is -0.123. The number of fused-ring (bicyclic) bond motifs is 4. The molecule has 0 aliphatic carbocycles. The number of hydrogen-bond acceptors (Lipinski definition) is 2. The molecule has 0 bridgehead atoms. The van der Waals surface area contributed by atoms with Crippen molar-refractivity contribution in [2.75, 3.05) is 9.80 Å². The molecule has 0 radical (unpaired) electrons. The van der Waals surface area contributed by atoms with E-state index >= 15 is 9.59 Å². The van der Waals surface area contributed by atoms with Crippen LogP contribution in [0.15, 0.2) is 146 Å². The fourth-order valence-corrected chi connectivity index (χ4v) is 14.5. The van der Waals surface area contributed by atoms with Gasteiger partial charge in [0.25, 0.3) is 0 Å². The van der Waals surface area contributed by atoms with Crippen LogP contribution in [0.1, 0.15) is 112 Å². The fourth-order valence-electron chi connectivity index (χ4n) is 14.5. The number of rotatable bonds is 10. The molecule has 0 N–H and O–H groups in total. The zero-order valence-corrected chi connectivity index (χ0v) is 46.0. The van der Waals surface area contributed by atoms with E-state index < -0.39 is 10.8 Å². The van der Waals surface area contributed by atoms with Gasteiger partial charge in [0.15, 0.2) is 0 Å². The number of benzene rings is 9. The molecule has 0 spiro atoms. The van der Waals surface area contributed by atoms with Gasteiger partial charge in [-0.3, -0.25) is 19.4 Å². The first-order valence-corrected chi connectivity index (χ1v) is 28.0. The number of nitrogens with zero attached hydrogens (tertiary/aromatic N) is 2. The quantitative estimate of drug-likeness (QED) is 0.128. The van der Waals surface area contributed by atoms with E-state index in [0.29, 0.717) is 0 Å². The Balaban J connectivity index is 1.06. The summed E-state index contributed by atoms with van der Waals surface area (Å²) in [6.45, 7) is 22.0. The first kappa shape index (κ1) is 48.2. The van der Waals surface area contributed by atoms with Crippen LogP contribution in [0.25, 0.3) is 43.8 Å². The molecule has 9 aromatic rings. The van der Waals surface area contributed by atoms with Crippen LogP contribution in [0.2, 0.25) is 0 Å². The minimum absolute atomic E-state index is 0.0197. The van der Waals surface area contributed by atoms with E-state index in [1.54, 1.807) is 0 Å². The van der Waals surface area contributed by atoms with E-state index in [1.165, 1.54) is 110 Å². The molecule has 9 aromatic carbocycles. The van der Waals surface area contributed by atoms with Gasteiger partial charge in [-0.1, -0.05) is 193 Å². The van der Waals surface area contributed by atoms with Crippen LogP contribution in [-0.2, 0) is 33.3 Å². The molecule has 0 unspecified atom stereocenters. The number of carbonyl (C=O) groups is 2. The molecule has 4 nitrogen and oxygen atoms in total. The first-order valence-electron chi connectivity index (χ1n) is 28.0. The van der Waals surface area contributed by atoms with Crippen molar-refractivity contribution < 1.29 is 9.59 Å². The fraction of sp³-hybridized carbons (Fsp3) is 0.257. The lowest BCUT2D eigenvalue weighted by Crippen LogP contribution is -2.62. The van der Waals surface area contributed by atoms with Gasteiger partial charge in [-0.05, 0) is 170 Å². The van der Waals surface area contributed by atoms with Crippen LogP contribution < -0.4 is 42.6 Å². The minimum atomic E-state index is -0.757. The van der Waals surface area contributed by atoms with Crippen molar-refractivity contribution in [1.29, 1.82) is 0 Å². The number of carbonyl (C=O) groups excluding carboxylic acids is 2. The maximum absolute atomic E-state index is 15.2. The molecule has 4 heterocycles. The maximum atomic E-state index is 15.2. The Labute approximate surface area is 450 Å². The van der Waals surface area contributed by atoms with Gasteiger partial charge < -0.3 is 0 Å². The summed E-state index contributed by atoms with van der Waals surface area (Å²) >= 11 is 0. The van der Waals surface area contributed by atoms with Crippen molar-refractivity contribution in [3.63, 3.8) is 0 Å². The maximum Gasteiger partial charge on any atom is 0.247 e. The molecule has 0 aromatic heterocycles. The number of aryl methyl sites for hydroxylation is 6. The van der Waals surface area contributed by atoms with Crippen molar-refractivity contribution in [2.45, 2.75) is 119 Å². The van der Waals surface area contributed by atoms with E-state index in [9.17, 15) is 0 Å². The van der Waals surface area contributed by atoms with Gasteiger partial charge in [0.2, 0.25) is 25.2 Å². The van der Waals surface area contributed by atoms with Gasteiger partial charge in [0.1, 0.15) is 0 Å². The SMILES string of the molecule is CCCCc1cc(-c2ccc3c4c5c(ccc24)B(c2c(C)cccc2C)c2ccccc2N5C(=O)C3(C)C)c(CCCC)cc1-c1ccc2c3c4c(ccc13)B(c1c(C)cccc1C)c1ccccc1N4C(=O)C2(C)C. The molecule has 0 atom stereocenters. The Morgan fingerprint density at radius 1 is 0.421 bits per heavy atom. The van der Waals surface area contributed by atoms with E-state index in [2.05, 4.69) is 225 Å². The zero-order chi connectivity index (χ0) is 52.7. The molecule has 76 heavy (non-hydrogen) atoms. The van der Waals surface area contributed by atoms with Crippen LogP contribution in [0.5, 0.6) is 0 Å². The second kappa shape index (κ2) is 17.6. The summed E-state index contributed by atoms with van der Waals surface area (Å²) in [6.07, 6.45) is 6.16. The monoisotopic (exact) mass is 989 g/mol. The molecule has 4 aliphatic rings. The van der Waals surface area contributed by atoms with E-state index in [-0.39, 0.29) is 25.2 Å². The Bertz CT molecular complexity index is 3700. The van der Waals surface area contributed by atoms with Crippen LogP contribution in [-0.4, -0.2) is 25.2 Å². The number of hydrogen-bond donors (Lipinski definition) is 0. The van der Waals surface area contributed by atoms with Gasteiger partial charge in [0.05, 0.1) is 22.2 Å². The number of unbranched alkanes of at least 4 members (excludes halogenated alkanes) is 2. The summed E-state index contributed by atoms with van der Waals surface area (Å²) in [4.78, 5) is 34.5. The van der Waals surface area contributed by atoms with Crippen LogP contribution >= 0.6 is 0 Å². The highest BCUT2D eigenvalue weighted by molar-refractivity contribution is 6.99. The summed E-state index contributed by atoms with van der Waals surface area (Å²) in [5.41, 5.74) is 24.8. The third-order valence-electron chi connectivity index (χ3n) is 18.4. The Morgan fingerprint density at radius 2 is 0.803 bits per heavy atom. The largest absolute Gasteiger partial charge is 0.281 e. The molecular formula is C70H66B2N2O2. The highest BCUT2D eigenvalue weighted by atomic mass is 16.2. The first-order chi connectivity index (χ1) is 36.7. The van der Waals surface area contributed by atoms with Crippen LogP contribution in [0.4, 0.5) is 22.7 Å². The molecule has 13 rings (SSSR count). The highest BCUT2D eigenvalue weighted by Gasteiger charge is 2.50. The third-order valence-corrected chi connectivity index (χ3v) is 18.4. The van der Waals surface area contributed by atoms with Crippen LogP contribution in [0, 0.1) is 27.7 Å². The van der Waals surface area contributed by atoms with Gasteiger partial charge in [-0.2, -0.15) is 0 Å². The van der Waals surface area contributed by atoms with E-state index in [0.717, 1.165) is 72.4 Å². The second-order valence-corrected chi connectivity index (χ2v) is 23.7. The molecule has 374 valence electrons. The van der Waals surface area contributed by atoms with Crippen molar-refractivity contribution in [3.05, 3.63) is 190 Å². The van der Waals surface area contributed by atoms with Crippen molar-refractivity contribution in [3.8, 4) is 22.3 Å². The topological polar surface area (TPSA) is 40.6 Å². The molecule has 0 saturated carbocycles. The summed E-state index contributed by atoms with van der Waals surface area (Å²) in [5, 5.41) is 4.77. The molecule has 0 saturated heterocycles. The molecule has 6 heteroatoms. The summed E-state index contributed by atoms with van der Waals surface area (Å²) in [7, 11) is 0. The van der Waals surface area contributed by atoms with Crippen molar-refractivity contribution in [2.24, 2.45) is 0 Å². The van der Waals surface area contributed by atoms with E-state index in [4.69, 9.17) is 0 Å². The van der Waals surface area contributed by atoms with Crippen molar-refractivity contribution in [1.82, 2.24) is 0 Å². The predicted molar refractivity (Wildman–Crippen MR) is 324 cm³/mol. The average molecular weight is 989 g/mol. The smallest absolute Gasteiger partial charge is 0.247 e. The average Bonchev–Trinajstić information content (AvgIpc) is 3.49. The normalized spacial score (nSPS) is 15.4. The van der Waals surface area contributed by atoms with Gasteiger partial charge in [-0.25, -0.2) is 0 Å². The summed E-state index contributed by atoms with van der Waals surface area (Å²) in [6, 6.07) is 54.3. The number of para-hydroxylation sites is 2. The lowest BCUT2D eigenvalue weighted by Gasteiger charge is -2.45. The molecule has 0 fully saturated rings. The van der Waals surface area contributed by atoms with Gasteiger partial charge >= 0.3 is 0 Å². The summed E-state index contributed by atoms with van der Waals surface area (Å²) in [5.74, 6) is 0.229. The minimum Gasteiger partial charge on any atom is -0.281 e. The molecule has 4 aliphatic heterocycles. The standard InChI is InChI=1S/C70H66B2N2O2/c1-11-13-25-45-39-52(48-32-36-54-62-50(48)34-38-58-66(62)74(68(76)70(54,9)10)60-30-18-16-28-56(60)72(58)64-43(5)23-20-24-44(64)6)46(26-14-12-2)40-51(45)47-31-35-53-61-49(47)33-37-57-65(61)73(67(75)69(53,7)8)59-29-17-15-27-55(59)71(57)63-41(3)21-19-22-42(63)4/h15-24,27-40H,11-14,25-26H2,1-10H3. The number of anilines is 4. The van der Waals surface area contributed by atoms with Gasteiger partial charge in [0, 0.05) is 22.1 Å². The van der Waals surface area contributed by atoms with Crippen molar-refractivity contribution >= 4 is 102 Å². The van der Waals surface area contributed by atoms with Crippen LogP contribution in [0.3, 0.4) is 0 Å². The Morgan fingerprint density at radius 3 is 1.18 bits per heavy atom. The third kappa shape index (κ3) is 6.71. The number of amides is 2.